The summed E-state index contributed by atoms with van der Waals surface area (Å²) >= 11 is 3.53. The summed E-state index contributed by atoms with van der Waals surface area (Å²) in [5.41, 5.74) is 6.89. The highest BCUT2D eigenvalue weighted by Crippen LogP contribution is 2.39. The number of hydrogen-bond donors (Lipinski definition) is 3. The normalized spacial score (nSPS) is 15.8. The molecule has 0 bridgehead atoms. The Morgan fingerprint density at radius 1 is 1.35 bits per heavy atom. The molecular formula is C14H21BrN2O3. The first-order valence-corrected chi connectivity index (χ1v) is 7.69. The molecule has 0 aromatic heterocycles. The lowest BCUT2D eigenvalue weighted by molar-refractivity contribution is 0.283. The summed E-state index contributed by atoms with van der Waals surface area (Å²) < 4.78 is 12.3. The molecule has 4 N–H and O–H groups in total. The van der Waals surface area contributed by atoms with Gasteiger partial charge >= 0.3 is 0 Å². The molecule has 0 fully saturated rings. The molecule has 1 atom stereocenters. The van der Waals surface area contributed by atoms with Crippen LogP contribution in [0.15, 0.2) is 16.6 Å². The fourth-order valence-corrected chi connectivity index (χ4v) is 2.72. The van der Waals surface area contributed by atoms with Crippen LogP contribution in [0.25, 0.3) is 0 Å². The number of fused-ring (bicyclic) bond motifs is 1. The minimum Gasteiger partial charge on any atom is -0.490 e. The van der Waals surface area contributed by atoms with Gasteiger partial charge in [0.25, 0.3) is 0 Å². The predicted molar refractivity (Wildman–Crippen MR) is 81.2 cm³/mol. The van der Waals surface area contributed by atoms with E-state index >= 15 is 0 Å². The minimum atomic E-state index is 0.0370. The summed E-state index contributed by atoms with van der Waals surface area (Å²) in [5.74, 6) is 1.52. The van der Waals surface area contributed by atoms with Crippen LogP contribution in [-0.2, 0) is 0 Å². The van der Waals surface area contributed by atoms with Crippen LogP contribution >= 0.6 is 15.9 Å². The van der Waals surface area contributed by atoms with Gasteiger partial charge in [-0.25, -0.2) is 0 Å². The van der Waals surface area contributed by atoms with Gasteiger partial charge in [0.1, 0.15) is 0 Å². The van der Waals surface area contributed by atoms with Gasteiger partial charge in [-0.1, -0.05) is 0 Å². The van der Waals surface area contributed by atoms with E-state index in [1.165, 1.54) is 0 Å². The van der Waals surface area contributed by atoms with E-state index < -0.39 is 0 Å². The van der Waals surface area contributed by atoms with Crippen molar-refractivity contribution in [1.82, 2.24) is 5.32 Å². The molecule has 6 heteroatoms. The number of aliphatic hydroxyl groups is 1. The van der Waals surface area contributed by atoms with Gasteiger partial charge in [0.2, 0.25) is 0 Å². The van der Waals surface area contributed by atoms with Crippen LogP contribution in [0.1, 0.15) is 24.4 Å². The van der Waals surface area contributed by atoms with Gasteiger partial charge in [-0.2, -0.15) is 0 Å². The molecule has 0 amide bonds. The van der Waals surface area contributed by atoms with Crippen LogP contribution in [0, 0.1) is 0 Å². The topological polar surface area (TPSA) is 76.7 Å². The summed E-state index contributed by atoms with van der Waals surface area (Å²) in [4.78, 5) is 0. The Morgan fingerprint density at radius 3 is 2.90 bits per heavy atom. The second-order valence-electron chi connectivity index (χ2n) is 4.70. The second-order valence-corrected chi connectivity index (χ2v) is 5.55. The molecule has 5 nitrogen and oxygen atoms in total. The van der Waals surface area contributed by atoms with E-state index in [9.17, 15) is 0 Å². The van der Waals surface area contributed by atoms with Crippen molar-refractivity contribution in [2.24, 2.45) is 5.73 Å². The van der Waals surface area contributed by atoms with Crippen LogP contribution in [-0.4, -0.2) is 38.0 Å². The van der Waals surface area contributed by atoms with Gasteiger partial charge in [-0.3, -0.25) is 0 Å². The van der Waals surface area contributed by atoms with Gasteiger partial charge in [0.15, 0.2) is 11.5 Å². The lowest BCUT2D eigenvalue weighted by Crippen LogP contribution is -2.29. The first-order chi connectivity index (χ1) is 9.76. The molecule has 1 aromatic carbocycles. The first-order valence-electron chi connectivity index (χ1n) is 6.89. The van der Waals surface area contributed by atoms with Crippen LogP contribution in [0.4, 0.5) is 0 Å². The molecule has 0 saturated heterocycles. The van der Waals surface area contributed by atoms with Gasteiger partial charge < -0.3 is 25.6 Å². The number of benzene rings is 1. The lowest BCUT2D eigenvalue weighted by Gasteiger charge is -2.19. The summed E-state index contributed by atoms with van der Waals surface area (Å²) in [6.07, 6.45) is 1.59. The lowest BCUT2D eigenvalue weighted by atomic mass is 10.1. The number of nitrogens with two attached hydrogens (primary N) is 1. The number of rotatable bonds is 6. The SMILES string of the molecule is NCC(NCCCO)c1cc(Br)c2c(c1)OCCCO2. The van der Waals surface area contributed by atoms with Gasteiger partial charge in [0.05, 0.1) is 17.7 Å². The quantitative estimate of drug-likeness (QED) is 0.683. The number of aliphatic hydroxyl groups excluding tert-OH is 1. The fourth-order valence-electron chi connectivity index (χ4n) is 2.14. The minimum absolute atomic E-state index is 0.0370. The molecule has 1 aliphatic rings. The Balaban J connectivity index is 2.18. The van der Waals surface area contributed by atoms with Crippen LogP contribution < -0.4 is 20.5 Å². The highest BCUT2D eigenvalue weighted by molar-refractivity contribution is 9.10. The standard InChI is InChI=1S/C14H21BrN2O3/c15-11-7-10(12(9-16)17-3-1-4-18)8-13-14(11)20-6-2-5-19-13/h7-8,12,17-18H,1-6,9,16H2. The maximum Gasteiger partial charge on any atom is 0.175 e. The number of ether oxygens (including phenoxy) is 2. The van der Waals surface area contributed by atoms with Crippen LogP contribution in [0.2, 0.25) is 0 Å². The largest absolute Gasteiger partial charge is 0.490 e. The fraction of sp³-hybridized carbons (Fsp3) is 0.571. The van der Waals surface area contributed by atoms with Crippen molar-refractivity contribution in [2.75, 3.05) is 32.9 Å². The van der Waals surface area contributed by atoms with Crippen molar-refractivity contribution in [3.8, 4) is 11.5 Å². The molecule has 1 heterocycles. The predicted octanol–water partition coefficient (Wildman–Crippen LogP) is 1.58. The zero-order valence-electron chi connectivity index (χ0n) is 11.4. The van der Waals surface area contributed by atoms with E-state index in [0.717, 1.165) is 34.5 Å². The Bertz CT molecular complexity index is 443. The van der Waals surface area contributed by atoms with Gasteiger partial charge in [0, 0.05) is 25.6 Å². The third-order valence-corrected chi connectivity index (χ3v) is 3.78. The Labute approximate surface area is 127 Å². The van der Waals surface area contributed by atoms with E-state index in [1.54, 1.807) is 0 Å². The molecule has 1 unspecified atom stereocenters. The summed E-state index contributed by atoms with van der Waals surface area (Å²) in [6, 6.07) is 4.03. The average Bonchev–Trinajstić information content (AvgIpc) is 2.69. The molecule has 112 valence electrons. The Hall–Kier alpha value is -0.820. The van der Waals surface area contributed by atoms with E-state index in [-0.39, 0.29) is 12.6 Å². The zero-order chi connectivity index (χ0) is 14.4. The number of nitrogens with one attached hydrogen (secondary N) is 1. The molecule has 0 aliphatic carbocycles. The Kier molecular flexibility index (Phi) is 6.09. The molecule has 0 spiro atoms. The third kappa shape index (κ3) is 3.85. The van der Waals surface area contributed by atoms with Crippen molar-refractivity contribution in [2.45, 2.75) is 18.9 Å². The highest BCUT2D eigenvalue weighted by Gasteiger charge is 2.18. The molecule has 2 rings (SSSR count). The van der Waals surface area contributed by atoms with Gasteiger partial charge in [-0.05, 0) is 46.6 Å². The van der Waals surface area contributed by atoms with Gasteiger partial charge in [-0.15, -0.1) is 0 Å². The number of halogens is 1. The first kappa shape index (κ1) is 15.6. The maximum absolute atomic E-state index is 8.84. The molecule has 1 aliphatic heterocycles. The van der Waals surface area contributed by atoms with Crippen LogP contribution in [0.3, 0.4) is 0 Å². The zero-order valence-corrected chi connectivity index (χ0v) is 13.0. The smallest absolute Gasteiger partial charge is 0.175 e. The Morgan fingerprint density at radius 2 is 2.15 bits per heavy atom. The second kappa shape index (κ2) is 7.83. The van der Waals surface area contributed by atoms with E-state index in [1.807, 2.05) is 12.1 Å². The summed E-state index contributed by atoms with van der Waals surface area (Å²) in [7, 11) is 0. The number of hydrogen-bond acceptors (Lipinski definition) is 5. The molecule has 20 heavy (non-hydrogen) atoms. The van der Waals surface area contributed by atoms with Crippen molar-refractivity contribution < 1.29 is 14.6 Å². The average molecular weight is 345 g/mol. The van der Waals surface area contributed by atoms with E-state index in [0.29, 0.717) is 26.2 Å². The molecular weight excluding hydrogens is 324 g/mol. The maximum atomic E-state index is 8.84. The molecule has 0 saturated carbocycles. The summed E-state index contributed by atoms with van der Waals surface area (Å²) in [5, 5.41) is 12.2. The van der Waals surface area contributed by atoms with Crippen molar-refractivity contribution in [3.63, 3.8) is 0 Å². The third-order valence-electron chi connectivity index (χ3n) is 3.19. The van der Waals surface area contributed by atoms with E-state index in [2.05, 4.69) is 21.2 Å². The van der Waals surface area contributed by atoms with Crippen molar-refractivity contribution >= 4 is 15.9 Å². The summed E-state index contributed by atoms with van der Waals surface area (Å²) in [6.45, 7) is 2.71. The highest BCUT2D eigenvalue weighted by atomic mass is 79.9. The van der Waals surface area contributed by atoms with Crippen LogP contribution in [0.5, 0.6) is 11.5 Å². The molecule has 0 radical (unpaired) electrons. The monoisotopic (exact) mass is 344 g/mol. The molecule has 1 aromatic rings. The van der Waals surface area contributed by atoms with Crippen molar-refractivity contribution in [1.29, 1.82) is 0 Å². The van der Waals surface area contributed by atoms with E-state index in [4.69, 9.17) is 20.3 Å². The van der Waals surface area contributed by atoms with Crippen molar-refractivity contribution in [3.05, 3.63) is 22.2 Å².